The highest BCUT2D eigenvalue weighted by molar-refractivity contribution is 7.92. The number of benzene rings is 2. The number of fused-ring (bicyclic) bond motifs is 1. The van der Waals surface area contributed by atoms with E-state index < -0.39 is 10.0 Å². The van der Waals surface area contributed by atoms with Gasteiger partial charge in [-0.25, -0.2) is 23.4 Å². The number of aryl methyl sites for hydroxylation is 3. The molecule has 0 unspecified atom stereocenters. The van der Waals surface area contributed by atoms with Crippen LogP contribution in [0.3, 0.4) is 0 Å². The molecule has 0 aliphatic carbocycles. The molecule has 0 saturated carbocycles. The van der Waals surface area contributed by atoms with Crippen LogP contribution in [0.4, 0.5) is 28.0 Å². The summed E-state index contributed by atoms with van der Waals surface area (Å²) in [6, 6.07) is 13.2. The lowest BCUT2D eigenvalue weighted by molar-refractivity contribution is 0.600. The van der Waals surface area contributed by atoms with E-state index in [-0.39, 0.29) is 0 Å². The Labute approximate surface area is 191 Å². The fraction of sp³-hybridized carbons (Fsp3) is 0.227. The number of hydrogen-bond donors (Lipinski definition) is 2. The molecule has 0 aliphatic rings. The van der Waals surface area contributed by atoms with Crippen molar-refractivity contribution < 1.29 is 8.42 Å². The van der Waals surface area contributed by atoms with E-state index in [1.54, 1.807) is 12.1 Å². The number of nitrogens with zero attached hydrogens (tertiary/aromatic N) is 4. The van der Waals surface area contributed by atoms with Gasteiger partial charge in [0.15, 0.2) is 15.8 Å². The van der Waals surface area contributed by atoms with Gasteiger partial charge in [0.05, 0.1) is 11.9 Å². The molecular formula is C22H24N6O2S2. The fourth-order valence-corrected chi connectivity index (χ4v) is 4.67. The van der Waals surface area contributed by atoms with Crippen LogP contribution in [0.1, 0.15) is 17.0 Å². The molecule has 2 N–H and O–H groups in total. The third kappa shape index (κ3) is 4.51. The van der Waals surface area contributed by atoms with Crippen molar-refractivity contribution in [2.75, 3.05) is 28.2 Å². The molecule has 0 saturated heterocycles. The van der Waals surface area contributed by atoms with Crippen molar-refractivity contribution in [3.8, 4) is 0 Å². The molecule has 8 nitrogen and oxygen atoms in total. The second kappa shape index (κ2) is 8.36. The first-order valence-electron chi connectivity index (χ1n) is 9.91. The maximum Gasteiger partial charge on any atom is 0.231 e. The molecular weight excluding hydrogens is 444 g/mol. The van der Waals surface area contributed by atoms with Crippen LogP contribution in [-0.2, 0) is 10.0 Å². The number of anilines is 5. The SMILES string of the molecule is Cc1nc(Nc2ccc(N(C)S(C)(=O)=O)cc2)c2nc(Nc3c(C)cccc3C)sc2n1. The Hall–Kier alpha value is -3.24. The van der Waals surface area contributed by atoms with Gasteiger partial charge in [-0.1, -0.05) is 29.5 Å². The van der Waals surface area contributed by atoms with Gasteiger partial charge in [0, 0.05) is 18.4 Å². The van der Waals surface area contributed by atoms with Crippen LogP contribution in [0.15, 0.2) is 42.5 Å². The molecule has 0 atom stereocenters. The Bertz CT molecular complexity index is 1380. The fourth-order valence-electron chi connectivity index (χ4n) is 3.27. The average Bonchev–Trinajstić information content (AvgIpc) is 3.13. The highest BCUT2D eigenvalue weighted by Gasteiger charge is 2.15. The van der Waals surface area contributed by atoms with Crippen LogP contribution >= 0.6 is 11.3 Å². The smallest absolute Gasteiger partial charge is 0.231 e. The number of rotatable bonds is 6. The number of aromatic nitrogens is 3. The van der Waals surface area contributed by atoms with Gasteiger partial charge >= 0.3 is 0 Å². The summed E-state index contributed by atoms with van der Waals surface area (Å²) in [7, 11) is -1.79. The zero-order valence-electron chi connectivity index (χ0n) is 18.5. The van der Waals surface area contributed by atoms with Crippen LogP contribution in [0, 0.1) is 20.8 Å². The first-order valence-corrected chi connectivity index (χ1v) is 12.6. The van der Waals surface area contributed by atoms with Gasteiger partial charge in [0.25, 0.3) is 0 Å². The molecule has 0 spiro atoms. The molecule has 2 heterocycles. The quantitative estimate of drug-likeness (QED) is 0.415. The molecule has 0 fully saturated rings. The first kappa shape index (κ1) is 22.0. The lowest BCUT2D eigenvalue weighted by Crippen LogP contribution is -2.24. The monoisotopic (exact) mass is 468 g/mol. The van der Waals surface area contributed by atoms with Crippen molar-refractivity contribution in [3.63, 3.8) is 0 Å². The highest BCUT2D eigenvalue weighted by atomic mass is 32.2. The van der Waals surface area contributed by atoms with Crippen molar-refractivity contribution in [3.05, 3.63) is 59.4 Å². The minimum atomic E-state index is -3.31. The number of thiazole rings is 1. The van der Waals surface area contributed by atoms with Crippen LogP contribution in [0.2, 0.25) is 0 Å². The minimum absolute atomic E-state index is 0.579. The number of nitrogens with one attached hydrogen (secondary N) is 2. The van der Waals surface area contributed by atoms with E-state index in [9.17, 15) is 8.42 Å². The molecule has 4 rings (SSSR count). The van der Waals surface area contributed by atoms with Crippen molar-refractivity contribution in [1.82, 2.24) is 15.0 Å². The summed E-state index contributed by atoms with van der Waals surface area (Å²) < 4.78 is 24.7. The van der Waals surface area contributed by atoms with E-state index in [1.807, 2.05) is 25.1 Å². The van der Waals surface area contributed by atoms with E-state index >= 15 is 0 Å². The maximum atomic E-state index is 11.7. The summed E-state index contributed by atoms with van der Waals surface area (Å²) in [5.41, 5.74) is 5.35. The maximum absolute atomic E-state index is 11.7. The molecule has 0 amide bonds. The summed E-state index contributed by atoms with van der Waals surface area (Å²) in [4.78, 5) is 14.6. The minimum Gasteiger partial charge on any atom is -0.338 e. The molecule has 0 radical (unpaired) electrons. The zero-order chi connectivity index (χ0) is 23.0. The van der Waals surface area contributed by atoms with E-state index in [2.05, 4.69) is 46.6 Å². The number of sulfonamides is 1. The van der Waals surface area contributed by atoms with Crippen LogP contribution in [0.5, 0.6) is 0 Å². The lowest BCUT2D eigenvalue weighted by atomic mass is 10.1. The molecule has 0 aliphatic heterocycles. The van der Waals surface area contributed by atoms with E-state index in [1.165, 1.54) is 28.9 Å². The molecule has 32 heavy (non-hydrogen) atoms. The molecule has 4 aromatic rings. The summed E-state index contributed by atoms with van der Waals surface area (Å²) in [5.74, 6) is 1.23. The number of hydrogen-bond acceptors (Lipinski definition) is 8. The van der Waals surface area contributed by atoms with Crippen molar-refractivity contribution in [2.24, 2.45) is 0 Å². The van der Waals surface area contributed by atoms with Gasteiger partial charge < -0.3 is 10.6 Å². The summed E-state index contributed by atoms with van der Waals surface area (Å²) in [6.07, 6.45) is 1.17. The summed E-state index contributed by atoms with van der Waals surface area (Å²) in [6.45, 7) is 5.96. The third-order valence-electron chi connectivity index (χ3n) is 5.07. The molecule has 166 valence electrons. The highest BCUT2D eigenvalue weighted by Crippen LogP contribution is 2.33. The van der Waals surface area contributed by atoms with Crippen LogP contribution < -0.4 is 14.9 Å². The molecule has 0 bridgehead atoms. The second-order valence-electron chi connectivity index (χ2n) is 7.59. The van der Waals surface area contributed by atoms with Gasteiger partial charge in [0.1, 0.15) is 11.3 Å². The predicted molar refractivity (Wildman–Crippen MR) is 132 cm³/mol. The topological polar surface area (TPSA) is 100 Å². The van der Waals surface area contributed by atoms with Crippen LogP contribution in [0.25, 0.3) is 10.3 Å². The van der Waals surface area contributed by atoms with Crippen molar-refractivity contribution in [2.45, 2.75) is 20.8 Å². The van der Waals surface area contributed by atoms with Crippen molar-refractivity contribution in [1.29, 1.82) is 0 Å². The first-order chi connectivity index (χ1) is 15.1. The van der Waals surface area contributed by atoms with Gasteiger partial charge in [-0.05, 0) is 56.2 Å². The zero-order valence-corrected chi connectivity index (χ0v) is 20.1. The van der Waals surface area contributed by atoms with Crippen LogP contribution in [-0.4, -0.2) is 36.7 Å². The third-order valence-corrected chi connectivity index (χ3v) is 7.15. The summed E-state index contributed by atoms with van der Waals surface area (Å²) >= 11 is 1.47. The van der Waals surface area contributed by atoms with Gasteiger partial charge in [-0.15, -0.1) is 0 Å². The lowest BCUT2D eigenvalue weighted by Gasteiger charge is -2.17. The Balaban J connectivity index is 1.65. The van der Waals surface area contributed by atoms with E-state index in [4.69, 9.17) is 4.98 Å². The Morgan fingerprint density at radius 3 is 2.19 bits per heavy atom. The van der Waals surface area contributed by atoms with Gasteiger partial charge in [-0.3, -0.25) is 4.31 Å². The normalized spacial score (nSPS) is 11.5. The Morgan fingerprint density at radius 1 is 0.906 bits per heavy atom. The Kier molecular flexibility index (Phi) is 5.74. The second-order valence-corrected chi connectivity index (χ2v) is 10.6. The van der Waals surface area contributed by atoms with E-state index in [0.717, 1.165) is 32.5 Å². The molecule has 10 heteroatoms. The Morgan fingerprint density at radius 2 is 1.56 bits per heavy atom. The standard InChI is InChI=1S/C22H24N6O2S2/c1-13-7-6-8-14(2)18(13)26-22-27-19-20(23-15(3)24-21(19)31-22)25-16-9-11-17(12-10-16)28(4)32(5,29)30/h6-12H,1-5H3,(H,26,27)(H,23,24,25). The largest absolute Gasteiger partial charge is 0.338 e. The average molecular weight is 469 g/mol. The molecule has 2 aromatic heterocycles. The van der Waals surface area contributed by atoms with E-state index in [0.29, 0.717) is 22.8 Å². The van der Waals surface area contributed by atoms with Gasteiger partial charge in [0.2, 0.25) is 10.0 Å². The summed E-state index contributed by atoms with van der Waals surface area (Å²) in [5, 5.41) is 7.46. The predicted octanol–water partition coefficient (Wildman–Crippen LogP) is 4.89. The van der Waals surface area contributed by atoms with Crippen molar-refractivity contribution >= 4 is 59.7 Å². The number of para-hydroxylation sites is 1. The molecule has 2 aromatic carbocycles. The van der Waals surface area contributed by atoms with Gasteiger partial charge in [-0.2, -0.15) is 0 Å².